The number of anilines is 1. The normalized spacial score (nSPS) is 13.1. The van der Waals surface area contributed by atoms with Crippen molar-refractivity contribution in [3.63, 3.8) is 0 Å². The maximum absolute atomic E-state index is 12.1. The zero-order valence-electron chi connectivity index (χ0n) is 10.1. The molecule has 0 atom stereocenters. The van der Waals surface area contributed by atoms with Crippen LogP contribution in [0.1, 0.15) is 10.4 Å². The van der Waals surface area contributed by atoms with Crippen molar-refractivity contribution in [3.05, 3.63) is 39.2 Å². The first kappa shape index (κ1) is 13.5. The summed E-state index contributed by atoms with van der Waals surface area (Å²) in [6, 6.07) is 5.09. The molecule has 1 aromatic heterocycles. The molecule has 1 aliphatic heterocycles. The van der Waals surface area contributed by atoms with E-state index in [0.29, 0.717) is 40.6 Å². The Bertz CT molecular complexity index is 668. The van der Waals surface area contributed by atoms with Gasteiger partial charge in [0.15, 0.2) is 16.2 Å². The van der Waals surface area contributed by atoms with Crippen LogP contribution in [0.5, 0.6) is 11.5 Å². The van der Waals surface area contributed by atoms with E-state index in [1.165, 1.54) is 6.26 Å². The summed E-state index contributed by atoms with van der Waals surface area (Å²) in [4.78, 5) is 12.1. The minimum absolute atomic E-state index is 0.275. The van der Waals surface area contributed by atoms with Crippen LogP contribution in [-0.4, -0.2) is 19.1 Å². The maximum Gasteiger partial charge on any atom is 0.260 e. The molecule has 2 aromatic rings. The van der Waals surface area contributed by atoms with Crippen molar-refractivity contribution >= 4 is 43.5 Å². The average molecular weight is 403 g/mol. The minimum Gasteiger partial charge on any atom is -0.486 e. The van der Waals surface area contributed by atoms with Crippen LogP contribution in [0, 0.1) is 0 Å². The number of benzene rings is 1. The number of fused-ring (bicyclic) bond motifs is 1. The van der Waals surface area contributed by atoms with Gasteiger partial charge in [0.25, 0.3) is 5.91 Å². The van der Waals surface area contributed by atoms with Gasteiger partial charge >= 0.3 is 0 Å². The Hall–Kier alpha value is -1.47. The number of furan rings is 1. The zero-order valence-corrected chi connectivity index (χ0v) is 13.3. The fraction of sp³-hybridized carbons (Fsp3) is 0.154. The SMILES string of the molecule is O=C(Nc1cc2c(cc1Br)OCCO2)c1ccoc1Br. The van der Waals surface area contributed by atoms with Crippen molar-refractivity contribution in [1.29, 1.82) is 0 Å². The van der Waals surface area contributed by atoms with Crippen LogP contribution in [0.15, 0.2) is 38.0 Å². The molecule has 20 heavy (non-hydrogen) atoms. The highest BCUT2D eigenvalue weighted by Crippen LogP contribution is 2.38. The minimum atomic E-state index is -0.275. The molecule has 1 N–H and O–H groups in total. The molecule has 1 amide bonds. The van der Waals surface area contributed by atoms with Crippen molar-refractivity contribution < 1.29 is 18.7 Å². The summed E-state index contributed by atoms with van der Waals surface area (Å²) in [6.07, 6.45) is 1.44. The van der Waals surface area contributed by atoms with Gasteiger partial charge in [0.05, 0.1) is 17.5 Å². The Morgan fingerprint density at radius 1 is 1.15 bits per heavy atom. The molecule has 1 aromatic carbocycles. The summed E-state index contributed by atoms with van der Waals surface area (Å²) in [6.45, 7) is 1.02. The molecule has 0 unspecified atom stereocenters. The summed E-state index contributed by atoms with van der Waals surface area (Å²) >= 11 is 6.58. The number of ether oxygens (including phenoxy) is 2. The van der Waals surface area contributed by atoms with Gasteiger partial charge in [-0.3, -0.25) is 4.79 Å². The molecular weight excluding hydrogens is 394 g/mol. The lowest BCUT2D eigenvalue weighted by Gasteiger charge is -2.20. The van der Waals surface area contributed by atoms with Gasteiger partial charge in [-0.05, 0) is 37.9 Å². The van der Waals surface area contributed by atoms with E-state index in [0.717, 1.165) is 4.47 Å². The Balaban J connectivity index is 1.87. The number of carbonyl (C=O) groups is 1. The third-order valence-corrected chi connectivity index (χ3v) is 4.01. The second kappa shape index (κ2) is 5.49. The van der Waals surface area contributed by atoms with Gasteiger partial charge in [0.2, 0.25) is 0 Å². The predicted molar refractivity (Wildman–Crippen MR) is 79.5 cm³/mol. The third-order valence-electron chi connectivity index (χ3n) is 2.74. The molecule has 7 heteroatoms. The molecular formula is C13H9Br2NO4. The van der Waals surface area contributed by atoms with Crippen LogP contribution in [0.2, 0.25) is 0 Å². The van der Waals surface area contributed by atoms with Crippen LogP contribution in [-0.2, 0) is 0 Å². The van der Waals surface area contributed by atoms with Gasteiger partial charge in [-0.1, -0.05) is 0 Å². The van der Waals surface area contributed by atoms with Crippen molar-refractivity contribution in [2.24, 2.45) is 0 Å². The highest BCUT2D eigenvalue weighted by Gasteiger charge is 2.18. The molecule has 0 fully saturated rings. The largest absolute Gasteiger partial charge is 0.486 e. The molecule has 0 bridgehead atoms. The first-order chi connectivity index (χ1) is 9.65. The molecule has 104 valence electrons. The van der Waals surface area contributed by atoms with Crippen LogP contribution in [0.3, 0.4) is 0 Å². The lowest BCUT2D eigenvalue weighted by Crippen LogP contribution is -2.16. The van der Waals surface area contributed by atoms with E-state index < -0.39 is 0 Å². The van der Waals surface area contributed by atoms with E-state index in [1.807, 2.05) is 0 Å². The van der Waals surface area contributed by atoms with Crippen molar-refractivity contribution in [3.8, 4) is 11.5 Å². The lowest BCUT2D eigenvalue weighted by molar-refractivity contribution is 0.102. The Morgan fingerprint density at radius 2 is 1.85 bits per heavy atom. The smallest absolute Gasteiger partial charge is 0.260 e. The van der Waals surface area contributed by atoms with Crippen LogP contribution in [0.25, 0.3) is 0 Å². The van der Waals surface area contributed by atoms with E-state index in [4.69, 9.17) is 13.9 Å². The zero-order chi connectivity index (χ0) is 14.1. The number of hydrogen-bond acceptors (Lipinski definition) is 4. The number of halogens is 2. The van der Waals surface area contributed by atoms with E-state index in [1.54, 1.807) is 18.2 Å². The van der Waals surface area contributed by atoms with Gasteiger partial charge in [0, 0.05) is 16.6 Å². The quantitative estimate of drug-likeness (QED) is 0.829. The Morgan fingerprint density at radius 3 is 2.50 bits per heavy atom. The number of rotatable bonds is 2. The molecule has 0 saturated carbocycles. The van der Waals surface area contributed by atoms with Crippen LogP contribution in [0.4, 0.5) is 5.69 Å². The first-order valence-electron chi connectivity index (χ1n) is 5.78. The number of nitrogens with one attached hydrogen (secondary N) is 1. The second-order valence-electron chi connectivity index (χ2n) is 4.04. The summed E-state index contributed by atoms with van der Waals surface area (Å²) in [5.41, 5.74) is 1.03. The summed E-state index contributed by atoms with van der Waals surface area (Å²) in [5, 5.41) is 2.79. The van der Waals surface area contributed by atoms with Crippen LogP contribution < -0.4 is 14.8 Å². The maximum atomic E-state index is 12.1. The molecule has 5 nitrogen and oxygen atoms in total. The van der Waals surface area contributed by atoms with E-state index in [-0.39, 0.29) is 5.91 Å². The standard InChI is InChI=1S/C13H9Br2NO4/c14-8-5-10-11(19-4-3-18-10)6-9(8)16-13(17)7-1-2-20-12(7)15/h1-2,5-6H,3-4H2,(H,16,17). The second-order valence-corrected chi connectivity index (χ2v) is 5.61. The van der Waals surface area contributed by atoms with Gasteiger partial charge in [-0.2, -0.15) is 0 Å². The van der Waals surface area contributed by atoms with E-state index in [9.17, 15) is 4.79 Å². The van der Waals surface area contributed by atoms with Gasteiger partial charge < -0.3 is 19.2 Å². The molecule has 0 saturated heterocycles. The molecule has 3 rings (SSSR count). The average Bonchev–Trinajstić information content (AvgIpc) is 2.86. The monoisotopic (exact) mass is 401 g/mol. The lowest BCUT2D eigenvalue weighted by atomic mass is 10.2. The number of carbonyl (C=O) groups excluding carboxylic acids is 1. The molecule has 0 aliphatic carbocycles. The van der Waals surface area contributed by atoms with Crippen molar-refractivity contribution in [2.45, 2.75) is 0 Å². The van der Waals surface area contributed by atoms with Gasteiger partial charge in [-0.25, -0.2) is 0 Å². The summed E-state index contributed by atoms with van der Waals surface area (Å²) in [5.74, 6) is 0.995. The summed E-state index contributed by atoms with van der Waals surface area (Å²) < 4.78 is 17.1. The Kier molecular flexibility index (Phi) is 3.71. The topological polar surface area (TPSA) is 60.7 Å². The van der Waals surface area contributed by atoms with E-state index >= 15 is 0 Å². The molecule has 0 spiro atoms. The number of amides is 1. The third kappa shape index (κ3) is 2.55. The van der Waals surface area contributed by atoms with Crippen molar-refractivity contribution in [1.82, 2.24) is 0 Å². The highest BCUT2D eigenvalue weighted by molar-refractivity contribution is 9.10. The molecule has 1 aliphatic rings. The Labute approximate surface area is 131 Å². The first-order valence-corrected chi connectivity index (χ1v) is 7.37. The highest BCUT2D eigenvalue weighted by atomic mass is 79.9. The molecule has 2 heterocycles. The fourth-order valence-corrected chi connectivity index (χ4v) is 2.65. The van der Waals surface area contributed by atoms with Gasteiger partial charge in [-0.15, -0.1) is 0 Å². The summed E-state index contributed by atoms with van der Waals surface area (Å²) in [7, 11) is 0. The van der Waals surface area contributed by atoms with Crippen LogP contribution >= 0.6 is 31.9 Å². The molecule has 0 radical (unpaired) electrons. The fourth-order valence-electron chi connectivity index (χ4n) is 1.81. The number of hydrogen-bond donors (Lipinski definition) is 1. The van der Waals surface area contributed by atoms with E-state index in [2.05, 4.69) is 37.2 Å². The van der Waals surface area contributed by atoms with Crippen molar-refractivity contribution in [2.75, 3.05) is 18.5 Å². The predicted octanol–water partition coefficient (Wildman–Crippen LogP) is 3.83. The van der Waals surface area contributed by atoms with Gasteiger partial charge in [0.1, 0.15) is 13.2 Å².